The molecule has 0 heterocycles. The van der Waals surface area contributed by atoms with Crippen LogP contribution in [0.1, 0.15) is 37.8 Å². The van der Waals surface area contributed by atoms with Gasteiger partial charge in [-0.15, -0.1) is 0 Å². The number of ether oxygens (including phenoxy) is 4. The fraction of sp³-hybridized carbons (Fsp3) is 0.423. The Morgan fingerprint density at radius 1 is 0.853 bits per heavy atom. The molecule has 2 aromatic rings. The maximum atomic E-state index is 12.5. The second kappa shape index (κ2) is 13.3. The maximum absolute atomic E-state index is 12.5. The molecule has 1 atom stereocenters. The van der Waals surface area contributed by atoms with E-state index in [1.807, 2.05) is 24.3 Å². The standard InChI is InChI=1S/C26H32O8/c1-4-32-24(28)26(30,25(29)33-5-2)22(23(27)31-3)34-21-17-11-16-20(18-21)15-10-9-14-19-12-7-6-8-13-19/h6-8,11-13,16-18,22,30H,4-5,9-10,14-15H2,1-3H3. The molecule has 0 aromatic heterocycles. The minimum absolute atomic E-state index is 0.132. The number of hydrogen-bond acceptors (Lipinski definition) is 8. The molecule has 0 bridgehead atoms. The molecular weight excluding hydrogens is 440 g/mol. The van der Waals surface area contributed by atoms with E-state index < -0.39 is 29.6 Å². The van der Waals surface area contributed by atoms with Crippen molar-refractivity contribution < 1.29 is 38.4 Å². The molecular formula is C26H32O8. The Hall–Kier alpha value is -3.39. The van der Waals surface area contributed by atoms with E-state index >= 15 is 0 Å². The third kappa shape index (κ3) is 7.05. The number of aliphatic hydroxyl groups is 1. The number of rotatable bonds is 13. The Bertz CT molecular complexity index is 923. The molecule has 34 heavy (non-hydrogen) atoms. The average Bonchev–Trinajstić information content (AvgIpc) is 2.85. The molecule has 8 nitrogen and oxygen atoms in total. The molecule has 0 aliphatic carbocycles. The van der Waals surface area contributed by atoms with Gasteiger partial charge in [-0.1, -0.05) is 42.5 Å². The minimum Gasteiger partial charge on any atom is -0.474 e. The molecule has 0 radical (unpaired) electrons. The minimum atomic E-state index is -3.04. The van der Waals surface area contributed by atoms with Crippen molar-refractivity contribution in [3.8, 4) is 5.75 Å². The van der Waals surface area contributed by atoms with E-state index in [0.717, 1.165) is 38.4 Å². The molecule has 0 saturated heterocycles. The van der Waals surface area contributed by atoms with Crippen molar-refractivity contribution in [3.63, 3.8) is 0 Å². The summed E-state index contributed by atoms with van der Waals surface area (Å²) >= 11 is 0. The maximum Gasteiger partial charge on any atom is 0.354 e. The zero-order valence-corrected chi connectivity index (χ0v) is 19.8. The molecule has 2 rings (SSSR count). The highest BCUT2D eigenvalue weighted by Crippen LogP contribution is 2.25. The number of benzene rings is 2. The monoisotopic (exact) mass is 472 g/mol. The lowest BCUT2D eigenvalue weighted by Crippen LogP contribution is -2.62. The van der Waals surface area contributed by atoms with Crippen molar-refractivity contribution in [1.29, 1.82) is 0 Å². The first-order valence-corrected chi connectivity index (χ1v) is 11.3. The van der Waals surface area contributed by atoms with Gasteiger partial charge in [0.15, 0.2) is 0 Å². The number of esters is 3. The van der Waals surface area contributed by atoms with Crippen LogP contribution in [-0.2, 0) is 41.4 Å². The van der Waals surface area contributed by atoms with Crippen molar-refractivity contribution in [1.82, 2.24) is 0 Å². The Morgan fingerprint density at radius 2 is 1.41 bits per heavy atom. The number of methoxy groups -OCH3 is 1. The van der Waals surface area contributed by atoms with E-state index in [1.54, 1.807) is 18.2 Å². The molecule has 0 fully saturated rings. The van der Waals surface area contributed by atoms with Crippen molar-refractivity contribution in [2.45, 2.75) is 51.2 Å². The van der Waals surface area contributed by atoms with Gasteiger partial charge in [0.1, 0.15) is 5.75 Å². The van der Waals surface area contributed by atoms with Crippen LogP contribution in [0, 0.1) is 0 Å². The summed E-state index contributed by atoms with van der Waals surface area (Å²) in [6.07, 6.45) is 1.61. The summed E-state index contributed by atoms with van der Waals surface area (Å²) in [5, 5.41) is 11.0. The van der Waals surface area contributed by atoms with Gasteiger partial charge in [-0.25, -0.2) is 14.4 Å². The van der Waals surface area contributed by atoms with Crippen molar-refractivity contribution in [2.75, 3.05) is 20.3 Å². The van der Waals surface area contributed by atoms with Gasteiger partial charge >= 0.3 is 23.5 Å². The Balaban J connectivity index is 2.17. The van der Waals surface area contributed by atoms with Gasteiger partial charge in [0.05, 0.1) is 20.3 Å². The van der Waals surface area contributed by atoms with Crippen LogP contribution in [-0.4, -0.2) is 55.0 Å². The molecule has 0 aliphatic heterocycles. The predicted molar refractivity (Wildman–Crippen MR) is 124 cm³/mol. The number of carbonyl (C=O) groups excluding carboxylic acids is 3. The van der Waals surface area contributed by atoms with Gasteiger partial charge in [0.25, 0.3) is 0 Å². The Kier molecular flexibility index (Phi) is 10.5. The lowest BCUT2D eigenvalue weighted by atomic mass is 9.96. The first kappa shape index (κ1) is 26.9. The van der Waals surface area contributed by atoms with Crippen LogP contribution in [0.2, 0.25) is 0 Å². The smallest absolute Gasteiger partial charge is 0.354 e. The Morgan fingerprint density at radius 3 is 1.97 bits per heavy atom. The molecule has 184 valence electrons. The lowest BCUT2D eigenvalue weighted by Gasteiger charge is -2.30. The van der Waals surface area contributed by atoms with Crippen LogP contribution < -0.4 is 4.74 Å². The zero-order chi connectivity index (χ0) is 25.0. The van der Waals surface area contributed by atoms with E-state index in [0.29, 0.717) is 0 Å². The van der Waals surface area contributed by atoms with Crippen molar-refractivity contribution in [3.05, 3.63) is 65.7 Å². The topological polar surface area (TPSA) is 108 Å². The first-order valence-electron chi connectivity index (χ1n) is 11.3. The van der Waals surface area contributed by atoms with Crippen molar-refractivity contribution >= 4 is 17.9 Å². The quantitative estimate of drug-likeness (QED) is 0.205. The highest BCUT2D eigenvalue weighted by atomic mass is 16.6. The van der Waals surface area contributed by atoms with E-state index in [9.17, 15) is 19.5 Å². The molecule has 0 spiro atoms. The van der Waals surface area contributed by atoms with E-state index in [-0.39, 0.29) is 19.0 Å². The summed E-state index contributed by atoms with van der Waals surface area (Å²) in [4.78, 5) is 37.5. The first-order chi connectivity index (χ1) is 16.4. The summed E-state index contributed by atoms with van der Waals surface area (Å²) in [5.74, 6) is -3.67. The summed E-state index contributed by atoms with van der Waals surface area (Å²) < 4.78 is 20.0. The number of unbranched alkanes of at least 4 members (excludes halogenated alkanes) is 1. The van der Waals surface area contributed by atoms with Crippen LogP contribution in [0.15, 0.2) is 54.6 Å². The van der Waals surface area contributed by atoms with Gasteiger partial charge in [-0.05, 0) is 62.8 Å². The van der Waals surface area contributed by atoms with Gasteiger partial charge in [-0.2, -0.15) is 0 Å². The molecule has 8 heteroatoms. The lowest BCUT2D eigenvalue weighted by molar-refractivity contribution is -0.200. The summed E-state index contributed by atoms with van der Waals surface area (Å²) in [6, 6.07) is 17.1. The third-order valence-corrected chi connectivity index (χ3v) is 5.14. The Labute approximate surface area is 199 Å². The van der Waals surface area contributed by atoms with Crippen LogP contribution in [0.5, 0.6) is 5.75 Å². The number of carbonyl (C=O) groups is 3. The molecule has 1 N–H and O–H groups in total. The summed E-state index contributed by atoms with van der Waals surface area (Å²) in [6.45, 7) is 2.73. The third-order valence-electron chi connectivity index (χ3n) is 5.14. The van der Waals surface area contributed by atoms with Crippen LogP contribution in [0.4, 0.5) is 0 Å². The van der Waals surface area contributed by atoms with E-state index in [4.69, 9.17) is 18.9 Å². The average molecular weight is 473 g/mol. The SMILES string of the molecule is CCOC(=O)C(O)(C(=O)OCC)C(Oc1cccc(CCCCc2ccccc2)c1)C(=O)OC. The van der Waals surface area contributed by atoms with Crippen LogP contribution in [0.3, 0.4) is 0 Å². The molecule has 0 aliphatic rings. The van der Waals surface area contributed by atoms with Gasteiger partial charge in [0.2, 0.25) is 6.10 Å². The predicted octanol–water partition coefficient (Wildman–Crippen LogP) is 3.03. The fourth-order valence-electron chi connectivity index (χ4n) is 3.40. The van der Waals surface area contributed by atoms with E-state index in [2.05, 4.69) is 12.1 Å². The van der Waals surface area contributed by atoms with Gasteiger partial charge in [-0.3, -0.25) is 0 Å². The highest BCUT2D eigenvalue weighted by Gasteiger charge is 2.59. The molecule has 0 amide bonds. The fourth-order valence-corrected chi connectivity index (χ4v) is 3.40. The summed E-state index contributed by atoms with van der Waals surface area (Å²) in [5.41, 5.74) is -0.826. The van der Waals surface area contributed by atoms with Crippen LogP contribution >= 0.6 is 0 Å². The van der Waals surface area contributed by atoms with Gasteiger partial charge in [0, 0.05) is 0 Å². The molecule has 0 saturated carbocycles. The number of hydrogen-bond donors (Lipinski definition) is 1. The van der Waals surface area contributed by atoms with Crippen LogP contribution in [0.25, 0.3) is 0 Å². The molecule has 2 aromatic carbocycles. The normalized spacial score (nSPS) is 11.9. The second-order valence-electron chi connectivity index (χ2n) is 7.57. The number of aryl methyl sites for hydroxylation is 2. The summed E-state index contributed by atoms with van der Waals surface area (Å²) in [7, 11) is 1.05. The second-order valence-corrected chi connectivity index (χ2v) is 7.57. The molecule has 1 unspecified atom stereocenters. The van der Waals surface area contributed by atoms with Gasteiger partial charge < -0.3 is 24.1 Å². The zero-order valence-electron chi connectivity index (χ0n) is 19.8. The van der Waals surface area contributed by atoms with E-state index in [1.165, 1.54) is 19.4 Å². The largest absolute Gasteiger partial charge is 0.474 e. The van der Waals surface area contributed by atoms with Crippen molar-refractivity contribution in [2.24, 2.45) is 0 Å². The highest BCUT2D eigenvalue weighted by molar-refractivity contribution is 6.08.